The molecule has 0 spiro atoms. The van der Waals surface area contributed by atoms with Crippen LogP contribution in [-0.4, -0.2) is 59.7 Å². The zero-order valence-corrected chi connectivity index (χ0v) is 23.2. The number of hydrogen-bond donors (Lipinski definition) is 3. The second-order valence-corrected chi connectivity index (χ2v) is 10.2. The smallest absolute Gasteiger partial charge is 0.332 e. The Kier molecular flexibility index (Phi) is 12.2. The molecule has 0 aromatic heterocycles. The third kappa shape index (κ3) is 8.97. The summed E-state index contributed by atoms with van der Waals surface area (Å²) in [5.74, 6) is -4.26. The molecule has 2 amide bonds. The summed E-state index contributed by atoms with van der Waals surface area (Å²) in [6.07, 6.45) is 1.17. The molecule has 2 rings (SSSR count). The number of nitrogens with one attached hydrogen (secondary N) is 2. The molecule has 11 heteroatoms. The predicted molar refractivity (Wildman–Crippen MR) is 142 cm³/mol. The molecule has 0 saturated carbocycles. The van der Waals surface area contributed by atoms with Gasteiger partial charge in [0.2, 0.25) is 6.41 Å². The van der Waals surface area contributed by atoms with Crippen molar-refractivity contribution in [3.05, 3.63) is 23.8 Å². The Balaban J connectivity index is 2.33. The van der Waals surface area contributed by atoms with E-state index in [4.69, 9.17) is 14.2 Å². The van der Waals surface area contributed by atoms with Gasteiger partial charge in [-0.2, -0.15) is 0 Å². The molecule has 1 heterocycles. The molecule has 0 radical (unpaired) electrons. The number of anilines is 1. The molecule has 3 N–H and O–H groups in total. The maximum atomic E-state index is 13.4. The molecule has 1 fully saturated rings. The monoisotopic (exact) mass is 548 g/mol. The van der Waals surface area contributed by atoms with Crippen molar-refractivity contribution in [2.75, 3.05) is 5.32 Å². The highest BCUT2D eigenvalue weighted by Gasteiger charge is 2.44. The van der Waals surface area contributed by atoms with Gasteiger partial charge in [0.25, 0.3) is 5.91 Å². The molecule has 0 aliphatic carbocycles. The van der Waals surface area contributed by atoms with Crippen molar-refractivity contribution in [3.63, 3.8) is 0 Å². The normalized spacial score (nSPS) is 23.5. The van der Waals surface area contributed by atoms with Crippen LogP contribution in [0.5, 0.6) is 5.75 Å². The molecule has 0 bridgehead atoms. The minimum atomic E-state index is -1.42. The molecule has 1 aromatic carbocycles. The zero-order chi connectivity index (χ0) is 29.1. The maximum absolute atomic E-state index is 13.4. The molecule has 1 aromatic rings. The number of benzene rings is 1. The number of para-hydroxylation sites is 1. The van der Waals surface area contributed by atoms with Gasteiger partial charge in [-0.3, -0.25) is 19.2 Å². The molecule has 1 aliphatic heterocycles. The fourth-order valence-electron chi connectivity index (χ4n) is 4.40. The van der Waals surface area contributed by atoms with Gasteiger partial charge in [0, 0.05) is 6.42 Å². The molecular formula is C28H40N2O9. The minimum absolute atomic E-state index is 0.000221. The highest BCUT2D eigenvalue weighted by Crippen LogP contribution is 2.29. The lowest BCUT2D eigenvalue weighted by Gasteiger charge is -2.29. The quantitative estimate of drug-likeness (QED) is 0.117. The Hall–Kier alpha value is -3.63. The highest BCUT2D eigenvalue weighted by molar-refractivity contribution is 6.01. The number of ether oxygens (including phenoxy) is 3. The third-order valence-electron chi connectivity index (χ3n) is 6.48. The van der Waals surface area contributed by atoms with Crippen LogP contribution in [0, 0.1) is 11.8 Å². The van der Waals surface area contributed by atoms with Gasteiger partial charge >= 0.3 is 17.9 Å². The highest BCUT2D eigenvalue weighted by atomic mass is 16.6. The van der Waals surface area contributed by atoms with Crippen molar-refractivity contribution in [2.24, 2.45) is 11.8 Å². The van der Waals surface area contributed by atoms with Gasteiger partial charge in [0.05, 0.1) is 17.2 Å². The molecule has 216 valence electrons. The number of carbonyl (C=O) groups excluding carboxylic acids is 5. The van der Waals surface area contributed by atoms with Gasteiger partial charge < -0.3 is 30.0 Å². The first kappa shape index (κ1) is 31.6. The molecule has 39 heavy (non-hydrogen) atoms. The zero-order valence-electron chi connectivity index (χ0n) is 23.2. The van der Waals surface area contributed by atoms with Crippen molar-refractivity contribution in [3.8, 4) is 5.75 Å². The molecule has 5 atom stereocenters. The first-order chi connectivity index (χ1) is 18.5. The average molecular weight is 549 g/mol. The first-order valence-corrected chi connectivity index (χ1v) is 13.4. The van der Waals surface area contributed by atoms with Crippen LogP contribution in [0.1, 0.15) is 83.5 Å². The second kappa shape index (κ2) is 15.1. The van der Waals surface area contributed by atoms with E-state index >= 15 is 0 Å². The van der Waals surface area contributed by atoms with Crippen LogP contribution in [0.4, 0.5) is 5.69 Å². The summed E-state index contributed by atoms with van der Waals surface area (Å²) >= 11 is 0. The van der Waals surface area contributed by atoms with E-state index in [0.29, 0.717) is 19.3 Å². The topological polar surface area (TPSA) is 157 Å². The molecule has 11 nitrogen and oxygen atoms in total. The van der Waals surface area contributed by atoms with Crippen LogP contribution in [0.2, 0.25) is 0 Å². The van der Waals surface area contributed by atoms with Crippen molar-refractivity contribution in [1.29, 1.82) is 0 Å². The lowest BCUT2D eigenvalue weighted by atomic mass is 9.92. The fourth-order valence-corrected chi connectivity index (χ4v) is 4.40. The van der Waals surface area contributed by atoms with Crippen LogP contribution in [0.15, 0.2) is 18.2 Å². The van der Waals surface area contributed by atoms with E-state index in [1.54, 1.807) is 0 Å². The fraction of sp³-hybridized carbons (Fsp3) is 0.607. The third-order valence-corrected chi connectivity index (χ3v) is 6.48. The first-order valence-electron chi connectivity index (χ1n) is 13.4. The van der Waals surface area contributed by atoms with E-state index in [2.05, 4.69) is 17.6 Å². The summed E-state index contributed by atoms with van der Waals surface area (Å²) in [5, 5.41) is 15.1. The standard InChI is InChI=1S/C28H40N2O9/c1-6-7-8-9-11-20-25(39-22(32)14-16(2)3)18(5)38-28(36)23(17(4)37-27(20)35)30-26(34)19-12-10-13-21(24(19)33)29-15-31/h10,12-13,15-18,20,23,25,33H,6-9,11,14H2,1-5H3,(H,29,31)(H,30,34)/t17-,18-,20+,23+,25+/m1/s1. The van der Waals surface area contributed by atoms with E-state index in [1.807, 2.05) is 13.8 Å². The van der Waals surface area contributed by atoms with E-state index in [9.17, 15) is 29.1 Å². The minimum Gasteiger partial charge on any atom is -0.505 e. The van der Waals surface area contributed by atoms with Gasteiger partial charge in [-0.05, 0) is 38.3 Å². The van der Waals surface area contributed by atoms with Crippen molar-refractivity contribution >= 4 is 35.9 Å². The van der Waals surface area contributed by atoms with Crippen LogP contribution in [0.25, 0.3) is 0 Å². The molecule has 0 unspecified atom stereocenters. The van der Waals surface area contributed by atoms with Crippen LogP contribution in [-0.2, 0) is 33.4 Å². The summed E-state index contributed by atoms with van der Waals surface area (Å²) < 4.78 is 16.9. The molecule has 1 saturated heterocycles. The Morgan fingerprint density at radius 2 is 1.77 bits per heavy atom. The van der Waals surface area contributed by atoms with Gasteiger partial charge in [-0.1, -0.05) is 52.5 Å². The van der Waals surface area contributed by atoms with Gasteiger partial charge in [-0.25, -0.2) is 4.79 Å². The predicted octanol–water partition coefficient (Wildman–Crippen LogP) is 3.48. The Morgan fingerprint density at radius 3 is 2.41 bits per heavy atom. The Bertz CT molecular complexity index is 1030. The van der Waals surface area contributed by atoms with Crippen molar-refractivity contribution in [2.45, 2.75) is 97.5 Å². The van der Waals surface area contributed by atoms with E-state index in [0.717, 1.165) is 19.3 Å². The number of phenols is 1. The number of amides is 2. The van der Waals surface area contributed by atoms with Crippen molar-refractivity contribution < 1.29 is 43.3 Å². The van der Waals surface area contributed by atoms with Gasteiger partial charge in [0.15, 0.2) is 17.9 Å². The summed E-state index contributed by atoms with van der Waals surface area (Å²) in [7, 11) is 0. The van der Waals surface area contributed by atoms with E-state index in [-0.39, 0.29) is 23.6 Å². The SMILES string of the molecule is CCCCCC[C@@H]1C(=O)O[C@H](C)[C@H](NC(=O)c2cccc(NC=O)c2O)C(=O)O[C@H](C)[C@@H]1OC(=O)CC(C)C. The maximum Gasteiger partial charge on any atom is 0.332 e. The second-order valence-electron chi connectivity index (χ2n) is 10.2. The van der Waals surface area contributed by atoms with Crippen LogP contribution in [0.3, 0.4) is 0 Å². The number of aromatic hydroxyl groups is 1. The van der Waals surface area contributed by atoms with Crippen molar-refractivity contribution in [1.82, 2.24) is 5.32 Å². The van der Waals surface area contributed by atoms with E-state index < -0.39 is 59.8 Å². The number of hydrogen-bond acceptors (Lipinski definition) is 9. The van der Waals surface area contributed by atoms with Crippen LogP contribution < -0.4 is 10.6 Å². The lowest BCUT2D eigenvalue weighted by molar-refractivity contribution is -0.175. The van der Waals surface area contributed by atoms with Crippen LogP contribution >= 0.6 is 0 Å². The summed E-state index contributed by atoms with van der Waals surface area (Å²) in [4.78, 5) is 62.9. The Morgan fingerprint density at radius 1 is 1.08 bits per heavy atom. The summed E-state index contributed by atoms with van der Waals surface area (Å²) in [5.41, 5.74) is -0.213. The summed E-state index contributed by atoms with van der Waals surface area (Å²) in [6.45, 7) is 8.77. The number of rotatable bonds is 12. The molecule has 1 aliphatic rings. The number of esters is 3. The summed E-state index contributed by atoms with van der Waals surface area (Å²) in [6, 6.07) is 2.71. The number of unbranched alkanes of at least 4 members (excludes halogenated alkanes) is 3. The average Bonchev–Trinajstić information content (AvgIpc) is 2.88. The van der Waals surface area contributed by atoms with Gasteiger partial charge in [-0.15, -0.1) is 0 Å². The Labute approximate surface area is 228 Å². The van der Waals surface area contributed by atoms with E-state index in [1.165, 1.54) is 32.0 Å². The lowest BCUT2D eigenvalue weighted by Crippen LogP contribution is -2.50. The number of cyclic esters (lactones) is 2. The number of phenolic OH excluding ortho intramolecular Hbond substituents is 1. The molecular weight excluding hydrogens is 508 g/mol. The number of carbonyl (C=O) groups is 5. The van der Waals surface area contributed by atoms with Gasteiger partial charge in [0.1, 0.15) is 12.2 Å². The largest absolute Gasteiger partial charge is 0.505 e.